The first-order valence-corrected chi connectivity index (χ1v) is 15.2. The highest BCUT2D eigenvalue weighted by Gasteiger charge is 2.00. The molecule has 0 aliphatic heterocycles. The SMILES string of the molecule is CCCCCCCCCCCCCCCCCOC(=O)CCO.Cc1ncc[nH]1.c1ccc2ncccc2c1. The Morgan fingerprint density at radius 1 is 0.769 bits per heavy atom. The van der Waals surface area contributed by atoms with Gasteiger partial charge in [-0.3, -0.25) is 9.78 Å². The summed E-state index contributed by atoms with van der Waals surface area (Å²) >= 11 is 0. The number of aromatic nitrogens is 3. The Labute approximate surface area is 237 Å². The zero-order valence-electron chi connectivity index (χ0n) is 24.6. The second-order valence-corrected chi connectivity index (χ2v) is 10.0. The molecule has 3 rings (SSSR count). The number of esters is 1. The molecule has 2 N–H and O–H groups in total. The lowest BCUT2D eigenvalue weighted by molar-refractivity contribution is -0.144. The quantitative estimate of drug-likeness (QED) is 0.125. The molecule has 3 aromatic rings. The van der Waals surface area contributed by atoms with Crippen LogP contribution in [0.5, 0.6) is 0 Å². The van der Waals surface area contributed by atoms with E-state index in [1.54, 1.807) is 12.4 Å². The van der Waals surface area contributed by atoms with Crippen LogP contribution in [-0.2, 0) is 9.53 Å². The number of H-pyrrole nitrogens is 1. The number of hydrogen-bond donors (Lipinski definition) is 2. The Balaban J connectivity index is 0.000000378. The summed E-state index contributed by atoms with van der Waals surface area (Å²) in [5.74, 6) is 0.688. The van der Waals surface area contributed by atoms with Crippen molar-refractivity contribution in [1.82, 2.24) is 15.0 Å². The number of hydrogen-bond acceptors (Lipinski definition) is 5. The molecule has 0 saturated heterocycles. The number of benzene rings is 1. The van der Waals surface area contributed by atoms with E-state index < -0.39 is 0 Å². The van der Waals surface area contributed by atoms with E-state index in [1.165, 1.54) is 88.9 Å². The Bertz CT molecular complexity index is 865. The van der Waals surface area contributed by atoms with Gasteiger partial charge in [0.05, 0.1) is 25.2 Å². The lowest BCUT2D eigenvalue weighted by Gasteiger charge is -2.04. The maximum absolute atomic E-state index is 11.0. The third kappa shape index (κ3) is 20.9. The third-order valence-electron chi connectivity index (χ3n) is 6.47. The number of carbonyl (C=O) groups excluding carboxylic acids is 1. The summed E-state index contributed by atoms with van der Waals surface area (Å²) in [5.41, 5.74) is 1.06. The molecule has 0 bridgehead atoms. The fraction of sp³-hybridized carbons (Fsp3) is 0.606. The first-order chi connectivity index (χ1) is 19.2. The largest absolute Gasteiger partial charge is 0.466 e. The number of fused-ring (bicyclic) bond motifs is 1. The highest BCUT2D eigenvalue weighted by atomic mass is 16.5. The summed E-state index contributed by atoms with van der Waals surface area (Å²) in [5, 5.41) is 9.77. The summed E-state index contributed by atoms with van der Waals surface area (Å²) in [6.45, 7) is 4.59. The van der Waals surface area contributed by atoms with Crippen LogP contribution in [0.4, 0.5) is 0 Å². The monoisotopic (exact) mass is 539 g/mol. The number of aryl methyl sites for hydroxylation is 1. The first-order valence-electron chi connectivity index (χ1n) is 15.2. The molecular formula is C33H53N3O3. The first kappa shape index (κ1) is 34.3. The molecular weight excluding hydrogens is 486 g/mol. The molecule has 2 heterocycles. The minimum Gasteiger partial charge on any atom is -0.466 e. The number of nitrogens with zero attached hydrogens (tertiary/aromatic N) is 2. The number of unbranched alkanes of at least 4 members (excludes halogenated alkanes) is 14. The van der Waals surface area contributed by atoms with Crippen molar-refractivity contribution in [2.75, 3.05) is 13.2 Å². The molecule has 6 nitrogen and oxygen atoms in total. The Morgan fingerprint density at radius 2 is 1.33 bits per heavy atom. The van der Waals surface area contributed by atoms with Gasteiger partial charge in [0.15, 0.2) is 0 Å². The molecule has 0 amide bonds. The van der Waals surface area contributed by atoms with Gasteiger partial charge in [0.25, 0.3) is 0 Å². The second kappa shape index (κ2) is 25.5. The van der Waals surface area contributed by atoms with Gasteiger partial charge in [0.2, 0.25) is 0 Å². The molecule has 2 aromatic heterocycles. The van der Waals surface area contributed by atoms with E-state index in [4.69, 9.17) is 9.84 Å². The number of aromatic amines is 1. The maximum Gasteiger partial charge on any atom is 0.308 e. The van der Waals surface area contributed by atoms with E-state index in [2.05, 4.69) is 34.0 Å². The second-order valence-electron chi connectivity index (χ2n) is 10.0. The van der Waals surface area contributed by atoms with Crippen molar-refractivity contribution < 1.29 is 14.6 Å². The van der Waals surface area contributed by atoms with Crippen LogP contribution >= 0.6 is 0 Å². The lowest BCUT2D eigenvalue weighted by atomic mass is 10.0. The van der Waals surface area contributed by atoms with E-state index in [1.807, 2.05) is 37.4 Å². The Hall–Kier alpha value is -2.73. The van der Waals surface area contributed by atoms with Crippen molar-refractivity contribution in [3.05, 3.63) is 60.8 Å². The molecule has 0 unspecified atom stereocenters. The van der Waals surface area contributed by atoms with Gasteiger partial charge in [-0.1, -0.05) is 121 Å². The zero-order valence-corrected chi connectivity index (χ0v) is 24.6. The molecule has 0 atom stereocenters. The predicted molar refractivity (Wildman–Crippen MR) is 163 cm³/mol. The van der Waals surface area contributed by atoms with Gasteiger partial charge >= 0.3 is 5.97 Å². The average molecular weight is 540 g/mol. The van der Waals surface area contributed by atoms with Crippen molar-refractivity contribution in [1.29, 1.82) is 0 Å². The number of aliphatic hydroxyl groups is 1. The summed E-state index contributed by atoms with van der Waals surface area (Å²) in [6, 6.07) is 12.1. The van der Waals surface area contributed by atoms with Gasteiger partial charge in [-0.2, -0.15) is 0 Å². The van der Waals surface area contributed by atoms with E-state index in [9.17, 15) is 4.79 Å². The van der Waals surface area contributed by atoms with Gasteiger partial charge in [0, 0.05) is 24.0 Å². The number of carbonyl (C=O) groups is 1. The highest BCUT2D eigenvalue weighted by molar-refractivity contribution is 5.77. The minimum atomic E-state index is -0.280. The molecule has 1 aromatic carbocycles. The van der Waals surface area contributed by atoms with Crippen LogP contribution in [0.15, 0.2) is 55.0 Å². The zero-order chi connectivity index (χ0) is 28.2. The molecule has 0 radical (unpaired) electrons. The molecule has 0 aliphatic rings. The topological polar surface area (TPSA) is 88.1 Å². The number of ether oxygens (including phenoxy) is 1. The fourth-order valence-corrected chi connectivity index (χ4v) is 4.18. The summed E-state index contributed by atoms with van der Waals surface area (Å²) in [7, 11) is 0. The van der Waals surface area contributed by atoms with Gasteiger partial charge in [-0.25, -0.2) is 4.98 Å². The maximum atomic E-state index is 11.0. The number of nitrogens with one attached hydrogen (secondary N) is 1. The highest BCUT2D eigenvalue weighted by Crippen LogP contribution is 2.13. The summed E-state index contributed by atoms with van der Waals surface area (Å²) in [6.07, 6.45) is 25.5. The lowest BCUT2D eigenvalue weighted by Crippen LogP contribution is -2.07. The molecule has 6 heteroatoms. The van der Waals surface area contributed by atoms with E-state index in [-0.39, 0.29) is 19.0 Å². The van der Waals surface area contributed by atoms with Crippen molar-refractivity contribution in [2.24, 2.45) is 0 Å². The number of aliphatic hydroxyl groups excluding tert-OH is 1. The predicted octanol–water partition coefficient (Wildman–Crippen LogP) is 8.74. The standard InChI is InChI=1S/C20H40O3.C9H7N.C4H6N2/c1-2-3-4-5-6-7-8-9-10-11-12-13-14-15-16-19-23-20(22)17-18-21;1-2-6-9-8(4-1)5-3-7-10-9;1-4-5-2-3-6-4/h21H,2-19H2,1H3;1-7H;2-3H,1H3,(H,5,6). The third-order valence-corrected chi connectivity index (χ3v) is 6.47. The van der Waals surface area contributed by atoms with Gasteiger partial charge in [0.1, 0.15) is 5.82 Å². The normalized spacial score (nSPS) is 10.3. The van der Waals surface area contributed by atoms with Crippen LogP contribution < -0.4 is 0 Å². The number of pyridine rings is 1. The van der Waals surface area contributed by atoms with Crippen LogP contribution in [0, 0.1) is 6.92 Å². The van der Waals surface area contributed by atoms with Crippen LogP contribution in [0.1, 0.15) is 115 Å². The van der Waals surface area contributed by atoms with E-state index >= 15 is 0 Å². The number of para-hydroxylation sites is 1. The Kier molecular flexibility index (Phi) is 22.5. The minimum absolute atomic E-state index is 0.113. The average Bonchev–Trinajstić information content (AvgIpc) is 3.44. The molecule has 39 heavy (non-hydrogen) atoms. The summed E-state index contributed by atoms with van der Waals surface area (Å²) < 4.78 is 5.00. The summed E-state index contributed by atoms with van der Waals surface area (Å²) in [4.78, 5) is 21.9. The molecule has 0 saturated carbocycles. The number of imidazole rings is 1. The smallest absolute Gasteiger partial charge is 0.308 e. The van der Waals surface area contributed by atoms with Crippen molar-refractivity contribution in [3.63, 3.8) is 0 Å². The number of rotatable bonds is 18. The van der Waals surface area contributed by atoms with Gasteiger partial charge in [-0.05, 0) is 25.5 Å². The van der Waals surface area contributed by atoms with E-state index in [0.29, 0.717) is 6.61 Å². The van der Waals surface area contributed by atoms with Crippen LogP contribution in [0.2, 0.25) is 0 Å². The molecule has 0 fully saturated rings. The van der Waals surface area contributed by atoms with Crippen molar-refractivity contribution >= 4 is 16.9 Å². The molecule has 0 aliphatic carbocycles. The van der Waals surface area contributed by atoms with Crippen LogP contribution in [0.3, 0.4) is 0 Å². The van der Waals surface area contributed by atoms with Crippen molar-refractivity contribution in [3.8, 4) is 0 Å². The van der Waals surface area contributed by atoms with E-state index in [0.717, 1.165) is 24.2 Å². The molecule has 218 valence electrons. The van der Waals surface area contributed by atoms with Crippen molar-refractivity contribution in [2.45, 2.75) is 117 Å². The van der Waals surface area contributed by atoms with Crippen LogP contribution in [-0.4, -0.2) is 39.2 Å². The van der Waals surface area contributed by atoms with Gasteiger partial charge < -0.3 is 14.8 Å². The van der Waals surface area contributed by atoms with Crippen LogP contribution in [0.25, 0.3) is 10.9 Å². The fourth-order valence-electron chi connectivity index (χ4n) is 4.18. The molecule has 0 spiro atoms. The van der Waals surface area contributed by atoms with Gasteiger partial charge in [-0.15, -0.1) is 0 Å². The Morgan fingerprint density at radius 3 is 1.82 bits per heavy atom.